The Morgan fingerprint density at radius 1 is 1.00 bits per heavy atom. The highest BCUT2D eigenvalue weighted by Crippen LogP contribution is 2.30. The van der Waals surface area contributed by atoms with Crippen LogP contribution in [0.5, 0.6) is 0 Å². The molecule has 0 aliphatic carbocycles. The molecular weight excluding hydrogens is 500 g/mol. The predicted molar refractivity (Wildman–Crippen MR) is 148 cm³/mol. The minimum absolute atomic E-state index is 0.00180. The van der Waals surface area contributed by atoms with Crippen LogP contribution in [0.15, 0.2) is 89.9 Å². The Labute approximate surface area is 225 Å². The van der Waals surface area contributed by atoms with E-state index in [1.807, 2.05) is 84.9 Å². The van der Waals surface area contributed by atoms with Gasteiger partial charge in [-0.15, -0.1) is 5.10 Å². The van der Waals surface area contributed by atoms with Crippen LogP contribution in [0.2, 0.25) is 0 Å². The van der Waals surface area contributed by atoms with Gasteiger partial charge in [0.2, 0.25) is 12.1 Å². The summed E-state index contributed by atoms with van der Waals surface area (Å²) in [5.41, 5.74) is 9.56. The van der Waals surface area contributed by atoms with E-state index in [9.17, 15) is 9.59 Å². The highest BCUT2D eigenvalue weighted by molar-refractivity contribution is 7.80. The number of hydrogen-bond acceptors (Lipinski definition) is 8. The second-order valence-corrected chi connectivity index (χ2v) is 9.11. The number of nitrogens with two attached hydrogens (primary N) is 1. The van der Waals surface area contributed by atoms with Gasteiger partial charge in [-0.3, -0.25) is 14.5 Å². The molecule has 4 aromatic rings. The monoisotopic (exact) mass is 526 g/mol. The standard InChI is InChI=1S/C27H26N8O2S/c1-33(26(36)21(28)16-38)25-27(37)34(17-35-24(30-31-32-35)19-12-6-3-7-13-19)22-15-9-8-14-20(22)23(29-25)18-10-4-2-5-11-18/h2-15,21,25,38H,16-17,28H2,1H3. The van der Waals surface area contributed by atoms with Crippen LogP contribution in [0.1, 0.15) is 11.1 Å². The smallest absolute Gasteiger partial charge is 0.274 e. The number of anilines is 1. The molecule has 10 nitrogen and oxygen atoms in total. The van der Waals surface area contributed by atoms with Gasteiger partial charge in [0.25, 0.3) is 5.91 Å². The largest absolute Gasteiger partial charge is 0.319 e. The van der Waals surface area contributed by atoms with Gasteiger partial charge in [-0.05, 0) is 16.5 Å². The maximum absolute atomic E-state index is 14.2. The highest BCUT2D eigenvalue weighted by Gasteiger charge is 2.37. The third-order valence-corrected chi connectivity index (χ3v) is 6.70. The number of likely N-dealkylation sites (N-methyl/N-ethyl adjacent to an activating group) is 1. The molecule has 2 amide bonds. The van der Waals surface area contributed by atoms with Crippen molar-refractivity contribution in [2.45, 2.75) is 18.9 Å². The second kappa shape index (κ2) is 11.0. The lowest BCUT2D eigenvalue weighted by Gasteiger charge is -2.30. The maximum atomic E-state index is 14.2. The van der Waals surface area contributed by atoms with Crippen molar-refractivity contribution in [2.75, 3.05) is 17.7 Å². The quantitative estimate of drug-likeness (QED) is 0.356. The normalized spacial score (nSPS) is 15.9. The topological polar surface area (TPSA) is 123 Å². The molecule has 5 rings (SSSR count). The zero-order valence-electron chi connectivity index (χ0n) is 20.6. The van der Waals surface area contributed by atoms with Crippen LogP contribution in [-0.4, -0.2) is 67.6 Å². The van der Waals surface area contributed by atoms with Gasteiger partial charge in [-0.2, -0.15) is 12.6 Å². The molecule has 0 radical (unpaired) electrons. The van der Waals surface area contributed by atoms with Gasteiger partial charge in [-0.25, -0.2) is 9.67 Å². The van der Waals surface area contributed by atoms with Crippen LogP contribution >= 0.6 is 12.6 Å². The van der Waals surface area contributed by atoms with E-state index < -0.39 is 24.0 Å². The summed E-state index contributed by atoms with van der Waals surface area (Å²) in [7, 11) is 1.53. The number of carbonyl (C=O) groups is 2. The number of rotatable bonds is 7. The Morgan fingerprint density at radius 2 is 1.63 bits per heavy atom. The van der Waals surface area contributed by atoms with E-state index in [2.05, 4.69) is 28.2 Å². The molecule has 3 aromatic carbocycles. The molecule has 1 aliphatic rings. The van der Waals surface area contributed by atoms with Crippen molar-refractivity contribution in [2.24, 2.45) is 10.7 Å². The summed E-state index contributed by atoms with van der Waals surface area (Å²) in [6, 6.07) is 25.6. The average Bonchev–Trinajstić information content (AvgIpc) is 3.40. The van der Waals surface area contributed by atoms with E-state index in [4.69, 9.17) is 10.7 Å². The Hall–Kier alpha value is -4.35. The number of amides is 2. The van der Waals surface area contributed by atoms with Crippen LogP contribution in [0.25, 0.3) is 11.4 Å². The summed E-state index contributed by atoms with van der Waals surface area (Å²) in [6.07, 6.45) is -1.17. The summed E-state index contributed by atoms with van der Waals surface area (Å²) >= 11 is 4.17. The number of tetrazole rings is 1. The lowest BCUT2D eigenvalue weighted by atomic mass is 10.0. The number of aromatic nitrogens is 4. The maximum Gasteiger partial charge on any atom is 0.274 e. The van der Waals surface area contributed by atoms with Crippen molar-refractivity contribution in [1.29, 1.82) is 0 Å². The van der Waals surface area contributed by atoms with E-state index in [1.54, 1.807) is 9.58 Å². The molecule has 1 aliphatic heterocycles. The Bertz CT molecular complexity index is 1470. The Morgan fingerprint density at radius 3 is 2.32 bits per heavy atom. The Balaban J connectivity index is 1.64. The molecule has 192 valence electrons. The first kappa shape index (κ1) is 25.3. The van der Waals surface area contributed by atoms with Crippen LogP contribution < -0.4 is 10.6 Å². The molecule has 2 unspecified atom stereocenters. The summed E-state index contributed by atoms with van der Waals surface area (Å²) in [5.74, 6) is -0.218. The summed E-state index contributed by atoms with van der Waals surface area (Å²) < 4.78 is 1.55. The number of para-hydroxylation sites is 1. The molecule has 38 heavy (non-hydrogen) atoms. The van der Waals surface area contributed by atoms with Crippen LogP contribution in [-0.2, 0) is 16.3 Å². The molecule has 0 fully saturated rings. The van der Waals surface area contributed by atoms with E-state index in [1.165, 1.54) is 11.9 Å². The van der Waals surface area contributed by atoms with Gasteiger partial charge in [-0.1, -0.05) is 78.9 Å². The van der Waals surface area contributed by atoms with Crippen LogP contribution in [0.3, 0.4) is 0 Å². The molecule has 2 heterocycles. The SMILES string of the molecule is CN(C(=O)C(N)CS)C1N=C(c2ccccc2)c2ccccc2N(Cn2nnnc2-c2ccccc2)C1=O. The molecule has 0 bridgehead atoms. The Kier molecular flexibility index (Phi) is 7.29. The molecule has 0 saturated carbocycles. The molecular formula is C27H26N8O2S. The zero-order chi connectivity index (χ0) is 26.6. The molecule has 2 N–H and O–H groups in total. The number of benzene rings is 3. The third kappa shape index (κ3) is 4.81. The average molecular weight is 527 g/mol. The van der Waals surface area contributed by atoms with Crippen molar-refractivity contribution < 1.29 is 9.59 Å². The van der Waals surface area contributed by atoms with Gasteiger partial charge in [0.05, 0.1) is 17.4 Å². The van der Waals surface area contributed by atoms with E-state index in [0.29, 0.717) is 17.2 Å². The minimum Gasteiger partial charge on any atom is -0.319 e. The fourth-order valence-corrected chi connectivity index (χ4v) is 4.48. The van der Waals surface area contributed by atoms with E-state index >= 15 is 0 Å². The van der Waals surface area contributed by atoms with Gasteiger partial charge in [0, 0.05) is 29.5 Å². The minimum atomic E-state index is -1.17. The number of fused-ring (bicyclic) bond motifs is 1. The molecule has 2 atom stereocenters. The number of aliphatic imine (C=N–C) groups is 1. The first-order valence-corrected chi connectivity index (χ1v) is 12.6. The number of hydrogen-bond donors (Lipinski definition) is 2. The van der Waals surface area contributed by atoms with Gasteiger partial charge in [0.1, 0.15) is 6.67 Å². The third-order valence-electron chi connectivity index (χ3n) is 6.30. The van der Waals surface area contributed by atoms with E-state index in [0.717, 1.165) is 16.7 Å². The lowest BCUT2D eigenvalue weighted by Crippen LogP contribution is -2.53. The van der Waals surface area contributed by atoms with Crippen molar-refractivity contribution in [3.8, 4) is 11.4 Å². The number of carbonyl (C=O) groups excluding carboxylic acids is 2. The van der Waals surface area contributed by atoms with Gasteiger partial charge in [0.15, 0.2) is 5.82 Å². The van der Waals surface area contributed by atoms with Crippen molar-refractivity contribution in [3.63, 3.8) is 0 Å². The number of nitrogens with zero attached hydrogens (tertiary/aromatic N) is 7. The van der Waals surface area contributed by atoms with Crippen LogP contribution in [0.4, 0.5) is 5.69 Å². The first-order chi connectivity index (χ1) is 18.5. The summed E-state index contributed by atoms with van der Waals surface area (Å²) in [5, 5.41) is 12.2. The zero-order valence-corrected chi connectivity index (χ0v) is 21.5. The highest BCUT2D eigenvalue weighted by atomic mass is 32.1. The molecule has 1 aromatic heterocycles. The van der Waals surface area contributed by atoms with Crippen molar-refractivity contribution in [1.82, 2.24) is 25.1 Å². The second-order valence-electron chi connectivity index (χ2n) is 8.75. The number of thiol groups is 1. The predicted octanol–water partition coefficient (Wildman–Crippen LogP) is 2.22. The summed E-state index contributed by atoms with van der Waals surface area (Å²) in [6.45, 7) is 0.00180. The molecule has 0 saturated heterocycles. The molecule has 11 heteroatoms. The van der Waals surface area contributed by atoms with Crippen molar-refractivity contribution >= 4 is 35.8 Å². The number of benzodiazepines with no additional fused rings is 1. The van der Waals surface area contributed by atoms with Gasteiger partial charge >= 0.3 is 0 Å². The van der Waals surface area contributed by atoms with Crippen molar-refractivity contribution in [3.05, 3.63) is 96.1 Å². The van der Waals surface area contributed by atoms with Gasteiger partial charge < -0.3 is 10.6 Å². The molecule has 0 spiro atoms. The van der Waals surface area contributed by atoms with Crippen LogP contribution in [0, 0.1) is 0 Å². The van der Waals surface area contributed by atoms with E-state index in [-0.39, 0.29) is 12.4 Å². The summed E-state index contributed by atoms with van der Waals surface area (Å²) in [4.78, 5) is 35.0. The lowest BCUT2D eigenvalue weighted by molar-refractivity contribution is -0.138. The fourth-order valence-electron chi connectivity index (χ4n) is 4.33. The fraction of sp³-hybridized carbons (Fsp3) is 0.185. The first-order valence-electron chi connectivity index (χ1n) is 12.0.